The second-order valence-corrected chi connectivity index (χ2v) is 7.36. The van der Waals surface area contributed by atoms with Gasteiger partial charge < -0.3 is 37.1 Å². The fourth-order valence-electron chi connectivity index (χ4n) is 3.78. The quantitative estimate of drug-likeness (QED) is 0.350. The van der Waals surface area contributed by atoms with E-state index < -0.39 is 0 Å². The van der Waals surface area contributed by atoms with E-state index in [1.54, 1.807) is 42.5 Å². The summed E-state index contributed by atoms with van der Waals surface area (Å²) in [6, 6.07) is 14.4. The van der Waals surface area contributed by atoms with Gasteiger partial charge in [-0.1, -0.05) is 24.3 Å². The highest BCUT2D eigenvalue weighted by molar-refractivity contribution is 5.89. The van der Waals surface area contributed by atoms with Gasteiger partial charge in [-0.05, 0) is 48.7 Å². The van der Waals surface area contributed by atoms with Gasteiger partial charge in [-0.2, -0.15) is 0 Å². The number of aliphatic hydroxyl groups excluding tert-OH is 1. The molecule has 172 valence electrons. The van der Waals surface area contributed by atoms with Crippen LogP contribution in [0.25, 0.3) is 5.70 Å². The largest absolute Gasteiger partial charge is 0.507 e. The lowest BCUT2D eigenvalue weighted by Gasteiger charge is -2.35. The number of aliphatic hydroxyl groups is 1. The minimum atomic E-state index is -0.349. The molecule has 0 aliphatic carbocycles. The first-order valence-electron chi connectivity index (χ1n) is 10.3. The van der Waals surface area contributed by atoms with Crippen LogP contribution in [0, 0.1) is 0 Å². The zero-order valence-corrected chi connectivity index (χ0v) is 18.5. The number of benzene rings is 2. The number of methoxy groups -OCH3 is 1. The number of likely N-dealkylation sites (tertiary alicyclic amines) is 1. The van der Waals surface area contributed by atoms with E-state index in [4.69, 9.17) is 27.0 Å². The number of rotatable bonds is 5. The lowest BCUT2D eigenvalue weighted by atomic mass is 9.89. The third kappa shape index (κ3) is 5.95. The summed E-state index contributed by atoms with van der Waals surface area (Å²) in [5.74, 6) is 0.191. The monoisotopic (exact) mass is 440 g/mol. The van der Waals surface area contributed by atoms with Crippen LogP contribution in [0.15, 0.2) is 66.1 Å². The maximum absolute atomic E-state index is 11.7. The van der Waals surface area contributed by atoms with E-state index in [1.807, 2.05) is 12.1 Å². The van der Waals surface area contributed by atoms with E-state index >= 15 is 0 Å². The van der Waals surface area contributed by atoms with Crippen LogP contribution >= 0.6 is 0 Å². The van der Waals surface area contributed by atoms with E-state index in [0.29, 0.717) is 22.5 Å². The average Bonchev–Trinajstić information content (AvgIpc) is 2.83. The fraction of sp³-hybridized carbons (Fsp3) is 0.292. The number of allylic oxidation sites excluding steroid dienone is 1. The maximum Gasteiger partial charge on any atom is 0.337 e. The molecule has 8 nitrogen and oxygen atoms in total. The van der Waals surface area contributed by atoms with Crippen LogP contribution in [-0.4, -0.2) is 48.4 Å². The molecule has 8 N–H and O–H groups in total. The fourth-order valence-corrected chi connectivity index (χ4v) is 3.78. The Morgan fingerprint density at radius 3 is 2.34 bits per heavy atom. The van der Waals surface area contributed by atoms with Gasteiger partial charge in [0, 0.05) is 37.4 Å². The third-order valence-electron chi connectivity index (χ3n) is 5.37. The van der Waals surface area contributed by atoms with Gasteiger partial charge in [-0.3, -0.25) is 0 Å². The summed E-state index contributed by atoms with van der Waals surface area (Å²) in [7, 11) is 2.37. The van der Waals surface area contributed by atoms with E-state index in [2.05, 4.69) is 4.90 Å². The SMILES string of the molecule is CO.COC(=O)c1ccc(C2CCCN(C(/C=C(\N)c3ccccc3O)=C(N)N)C2)cc1. The molecule has 1 aliphatic rings. The molecule has 2 aromatic carbocycles. The van der Waals surface area contributed by atoms with Crippen LogP contribution < -0.4 is 17.2 Å². The smallest absolute Gasteiger partial charge is 0.337 e. The van der Waals surface area contributed by atoms with Gasteiger partial charge in [0.1, 0.15) is 11.6 Å². The Morgan fingerprint density at radius 1 is 1.09 bits per heavy atom. The van der Waals surface area contributed by atoms with Crippen molar-refractivity contribution in [3.8, 4) is 5.75 Å². The van der Waals surface area contributed by atoms with Gasteiger partial charge in [0.2, 0.25) is 0 Å². The molecule has 1 atom stereocenters. The van der Waals surface area contributed by atoms with Crippen LogP contribution in [0.3, 0.4) is 0 Å². The van der Waals surface area contributed by atoms with E-state index in [-0.39, 0.29) is 23.5 Å². The number of carbonyl (C=O) groups is 1. The van der Waals surface area contributed by atoms with E-state index in [1.165, 1.54) is 7.11 Å². The Hall–Kier alpha value is -3.65. The van der Waals surface area contributed by atoms with Crippen LogP contribution in [-0.2, 0) is 4.74 Å². The molecule has 3 rings (SSSR count). The van der Waals surface area contributed by atoms with Gasteiger partial charge in [0.15, 0.2) is 0 Å². The van der Waals surface area contributed by atoms with Gasteiger partial charge in [-0.25, -0.2) is 4.79 Å². The molecule has 0 amide bonds. The van der Waals surface area contributed by atoms with Gasteiger partial charge in [0.25, 0.3) is 0 Å². The highest BCUT2D eigenvalue weighted by atomic mass is 16.5. The standard InChI is InChI=1S/C23H28N4O3.CH4O/c1-30-23(29)16-10-8-15(9-11-16)17-5-4-12-27(14-17)20(22(25)26)13-19(24)18-6-2-3-7-21(18)28;1-2/h2-3,6-11,13,17,28H,4-5,12,14,24-26H2,1H3;2H,1H3/b19-13-;. The average molecular weight is 441 g/mol. The number of hydrogen-bond donors (Lipinski definition) is 5. The number of ether oxygens (including phenoxy) is 1. The molecule has 1 fully saturated rings. The number of nitrogens with zero attached hydrogens (tertiary/aromatic N) is 1. The molecule has 1 aliphatic heterocycles. The highest BCUT2D eigenvalue weighted by Crippen LogP contribution is 2.31. The predicted octanol–water partition coefficient (Wildman–Crippen LogP) is 2.05. The minimum Gasteiger partial charge on any atom is -0.507 e. The van der Waals surface area contributed by atoms with Crippen molar-refractivity contribution in [3.05, 3.63) is 82.8 Å². The molecule has 0 saturated carbocycles. The zero-order chi connectivity index (χ0) is 23.7. The zero-order valence-electron chi connectivity index (χ0n) is 18.5. The summed E-state index contributed by atoms with van der Waals surface area (Å²) < 4.78 is 4.76. The van der Waals surface area contributed by atoms with Crippen molar-refractivity contribution in [2.45, 2.75) is 18.8 Å². The highest BCUT2D eigenvalue weighted by Gasteiger charge is 2.24. The topological polar surface area (TPSA) is 148 Å². The molecule has 1 heterocycles. The van der Waals surface area contributed by atoms with Crippen LogP contribution in [0.4, 0.5) is 0 Å². The van der Waals surface area contributed by atoms with Crippen molar-refractivity contribution >= 4 is 11.7 Å². The Kier molecular flexibility index (Phi) is 8.97. The molecule has 0 aromatic heterocycles. The Bertz CT molecular complexity index is 966. The molecular formula is C24H32N4O4. The Labute approximate surface area is 188 Å². The maximum atomic E-state index is 11.7. The Balaban J connectivity index is 0.00000176. The van der Waals surface area contributed by atoms with Crippen molar-refractivity contribution in [2.75, 3.05) is 27.3 Å². The number of nitrogens with two attached hydrogens (primary N) is 3. The molecule has 0 bridgehead atoms. The first-order chi connectivity index (χ1) is 15.4. The summed E-state index contributed by atoms with van der Waals surface area (Å²) in [4.78, 5) is 13.8. The van der Waals surface area contributed by atoms with Crippen LogP contribution in [0.1, 0.15) is 40.2 Å². The lowest BCUT2D eigenvalue weighted by molar-refractivity contribution is 0.0600. The molecule has 2 aromatic rings. The van der Waals surface area contributed by atoms with Crippen LogP contribution in [0.5, 0.6) is 5.75 Å². The number of phenols is 1. The number of carbonyl (C=O) groups excluding carboxylic acids is 1. The summed E-state index contributed by atoms with van der Waals surface area (Å²) in [5, 5.41) is 17.1. The number of piperidine rings is 1. The van der Waals surface area contributed by atoms with Crippen molar-refractivity contribution in [2.24, 2.45) is 17.2 Å². The predicted molar refractivity (Wildman–Crippen MR) is 125 cm³/mol. The van der Waals surface area contributed by atoms with E-state index in [0.717, 1.165) is 38.6 Å². The van der Waals surface area contributed by atoms with Gasteiger partial charge in [-0.15, -0.1) is 0 Å². The third-order valence-corrected chi connectivity index (χ3v) is 5.37. The summed E-state index contributed by atoms with van der Waals surface area (Å²) in [6.45, 7) is 1.52. The number of para-hydroxylation sites is 1. The first kappa shape index (κ1) is 24.6. The van der Waals surface area contributed by atoms with Crippen molar-refractivity contribution in [1.29, 1.82) is 0 Å². The lowest BCUT2D eigenvalue weighted by Crippen LogP contribution is -2.36. The Morgan fingerprint density at radius 2 is 1.75 bits per heavy atom. The molecular weight excluding hydrogens is 408 g/mol. The molecule has 0 radical (unpaired) electrons. The molecule has 0 spiro atoms. The summed E-state index contributed by atoms with van der Waals surface area (Å²) in [5.41, 5.74) is 21.4. The van der Waals surface area contributed by atoms with Gasteiger partial charge in [0.05, 0.1) is 18.4 Å². The summed E-state index contributed by atoms with van der Waals surface area (Å²) >= 11 is 0. The molecule has 8 heteroatoms. The van der Waals surface area contributed by atoms with E-state index in [9.17, 15) is 9.90 Å². The van der Waals surface area contributed by atoms with Crippen molar-refractivity contribution in [1.82, 2.24) is 4.90 Å². The van der Waals surface area contributed by atoms with Crippen LogP contribution in [0.2, 0.25) is 0 Å². The molecule has 32 heavy (non-hydrogen) atoms. The second kappa shape index (κ2) is 11.7. The first-order valence-corrected chi connectivity index (χ1v) is 10.3. The van der Waals surface area contributed by atoms with Gasteiger partial charge >= 0.3 is 5.97 Å². The minimum absolute atomic E-state index is 0.100. The van der Waals surface area contributed by atoms with Crippen molar-refractivity contribution < 1.29 is 19.7 Å². The molecule has 1 unspecified atom stereocenters. The summed E-state index contributed by atoms with van der Waals surface area (Å²) in [6.07, 6.45) is 3.70. The second-order valence-electron chi connectivity index (χ2n) is 7.36. The number of esters is 1. The number of hydrogen-bond acceptors (Lipinski definition) is 8. The normalized spacial score (nSPS) is 15.9. The van der Waals surface area contributed by atoms with Crippen molar-refractivity contribution in [3.63, 3.8) is 0 Å². The number of aromatic hydroxyl groups is 1. The molecule has 1 saturated heterocycles. The number of phenolic OH excluding ortho intramolecular Hbond substituents is 1.